The summed E-state index contributed by atoms with van der Waals surface area (Å²) < 4.78 is 28.8. The largest absolute Gasteiger partial charge is 0.379 e. The van der Waals surface area contributed by atoms with Gasteiger partial charge in [-0.1, -0.05) is 0 Å². The van der Waals surface area contributed by atoms with Gasteiger partial charge in [0.2, 0.25) is 0 Å². The van der Waals surface area contributed by atoms with Gasteiger partial charge in [0.25, 0.3) is 0 Å². The van der Waals surface area contributed by atoms with Gasteiger partial charge in [0.15, 0.2) is 11.3 Å². The fourth-order valence-corrected chi connectivity index (χ4v) is 5.47. The lowest BCUT2D eigenvalue weighted by Crippen LogP contribution is -2.51. The molecule has 0 amide bonds. The van der Waals surface area contributed by atoms with Crippen molar-refractivity contribution in [2.45, 2.75) is 38.6 Å². The van der Waals surface area contributed by atoms with Crippen LogP contribution >= 0.6 is 0 Å². The minimum Gasteiger partial charge on any atom is -0.379 e. The lowest BCUT2D eigenvalue weighted by atomic mass is 9.60. The zero-order valence-corrected chi connectivity index (χ0v) is 17.0. The molecule has 2 heterocycles. The van der Waals surface area contributed by atoms with Gasteiger partial charge in [-0.05, 0) is 62.6 Å². The van der Waals surface area contributed by atoms with Crippen LogP contribution in [0.4, 0.5) is 20.2 Å². The summed E-state index contributed by atoms with van der Waals surface area (Å²) in [6.07, 6.45) is 5.19. The zero-order valence-electron chi connectivity index (χ0n) is 17.0. The fraction of sp³-hybridized carbons (Fsp3) is 0.391. The smallest absolute Gasteiger partial charge is 0.199 e. The van der Waals surface area contributed by atoms with Gasteiger partial charge in [0.1, 0.15) is 17.4 Å². The van der Waals surface area contributed by atoms with Gasteiger partial charge in [0.05, 0.1) is 24.2 Å². The summed E-state index contributed by atoms with van der Waals surface area (Å²) in [5.74, 6) is -0.438. The second-order valence-electron chi connectivity index (χ2n) is 8.57. The van der Waals surface area contributed by atoms with Crippen LogP contribution in [0.3, 0.4) is 0 Å². The Balaban J connectivity index is 1.58. The Morgan fingerprint density at radius 3 is 2.65 bits per heavy atom. The summed E-state index contributed by atoms with van der Waals surface area (Å²) in [5.41, 5.74) is 1.45. The summed E-state index contributed by atoms with van der Waals surface area (Å²) in [4.78, 5) is 19.8. The van der Waals surface area contributed by atoms with Crippen LogP contribution in [-0.4, -0.2) is 27.0 Å². The highest BCUT2D eigenvalue weighted by molar-refractivity contribution is 5.95. The molecule has 2 N–H and O–H groups in total. The molecule has 2 bridgehead atoms. The van der Waals surface area contributed by atoms with Crippen LogP contribution in [0.15, 0.2) is 24.4 Å². The molecule has 0 unspecified atom stereocenters. The lowest BCUT2D eigenvalue weighted by Gasteiger charge is -2.48. The predicted molar refractivity (Wildman–Crippen MR) is 113 cm³/mol. The van der Waals surface area contributed by atoms with E-state index in [4.69, 9.17) is 6.57 Å². The molecule has 6 nitrogen and oxygen atoms in total. The number of nitrogens with one attached hydrogen (secondary N) is 2. The molecule has 0 radical (unpaired) electrons. The highest BCUT2D eigenvalue weighted by Gasteiger charge is 2.45. The van der Waals surface area contributed by atoms with Gasteiger partial charge in [-0.2, -0.15) is 5.10 Å². The van der Waals surface area contributed by atoms with Gasteiger partial charge in [-0.3, -0.25) is 9.89 Å². The molecule has 3 fully saturated rings. The molecule has 0 saturated heterocycles. The van der Waals surface area contributed by atoms with E-state index in [1.165, 1.54) is 12.1 Å². The molecule has 1 aromatic carbocycles. The van der Waals surface area contributed by atoms with Crippen molar-refractivity contribution in [1.82, 2.24) is 15.2 Å². The molecule has 3 aliphatic carbocycles. The van der Waals surface area contributed by atoms with Crippen LogP contribution < -0.4 is 5.32 Å². The standard InChI is InChI=1S/C23H21F2N5O/c1-11(31)20-12-3-5-13(6-4-12)21(20)28-19-8-15(18(26-2)9-17(19)25)22-16-7-14(24)10-27-23(16)30-29-22/h7-10,12-13,20-21,28H,3-6H2,1H3,(H,27,29,30)/t12?,13?,20-,21-/m0/s1. The van der Waals surface area contributed by atoms with Crippen molar-refractivity contribution in [3.63, 3.8) is 0 Å². The summed E-state index contributed by atoms with van der Waals surface area (Å²) in [6.45, 7) is 9.10. The van der Waals surface area contributed by atoms with Crippen LogP contribution in [0.2, 0.25) is 0 Å². The third-order valence-electron chi connectivity index (χ3n) is 6.86. The monoisotopic (exact) mass is 421 g/mol. The molecule has 0 aliphatic heterocycles. The number of Topliss-reactive ketones (excluding diaryl/α,β-unsaturated/α-hetero) is 1. The van der Waals surface area contributed by atoms with Crippen molar-refractivity contribution in [2.24, 2.45) is 17.8 Å². The molecule has 31 heavy (non-hydrogen) atoms. The molecule has 2 atom stereocenters. The second kappa shape index (κ2) is 7.41. The highest BCUT2D eigenvalue weighted by atomic mass is 19.1. The minimum absolute atomic E-state index is 0.0890. The van der Waals surface area contributed by atoms with Crippen molar-refractivity contribution in [3.8, 4) is 11.3 Å². The van der Waals surface area contributed by atoms with Crippen molar-refractivity contribution < 1.29 is 13.6 Å². The molecular weight excluding hydrogens is 400 g/mol. The van der Waals surface area contributed by atoms with E-state index < -0.39 is 11.6 Å². The Hall–Kier alpha value is -3.34. The van der Waals surface area contributed by atoms with Gasteiger partial charge < -0.3 is 5.32 Å². The zero-order chi connectivity index (χ0) is 21.7. The predicted octanol–water partition coefficient (Wildman–Crippen LogP) is 5.26. The number of hydrogen-bond acceptors (Lipinski definition) is 4. The number of halogens is 2. The van der Waals surface area contributed by atoms with E-state index in [2.05, 4.69) is 25.3 Å². The molecule has 6 rings (SSSR count). The third-order valence-corrected chi connectivity index (χ3v) is 6.86. The molecule has 3 aromatic rings. The topological polar surface area (TPSA) is 75.0 Å². The van der Waals surface area contributed by atoms with Crippen molar-refractivity contribution in [1.29, 1.82) is 0 Å². The maximum atomic E-state index is 15.0. The van der Waals surface area contributed by atoms with Crippen LogP contribution in [0.25, 0.3) is 27.1 Å². The number of benzene rings is 1. The first-order chi connectivity index (χ1) is 15.0. The third kappa shape index (κ3) is 3.25. The minimum atomic E-state index is -0.549. The average Bonchev–Trinajstić information content (AvgIpc) is 3.18. The average molecular weight is 421 g/mol. The molecule has 3 aliphatic rings. The summed E-state index contributed by atoms with van der Waals surface area (Å²) in [6, 6.07) is 3.88. The number of aromatic nitrogens is 3. The molecule has 2 aromatic heterocycles. The summed E-state index contributed by atoms with van der Waals surface area (Å²) >= 11 is 0. The van der Waals surface area contributed by atoms with E-state index >= 15 is 0 Å². The maximum absolute atomic E-state index is 15.0. The van der Waals surface area contributed by atoms with Gasteiger partial charge in [0, 0.05) is 22.9 Å². The van der Waals surface area contributed by atoms with E-state index in [-0.39, 0.29) is 29.1 Å². The quantitative estimate of drug-likeness (QED) is 0.564. The number of ketones is 1. The Kier molecular flexibility index (Phi) is 4.69. The number of anilines is 1. The van der Waals surface area contributed by atoms with Gasteiger partial charge >= 0.3 is 0 Å². The Morgan fingerprint density at radius 2 is 1.94 bits per heavy atom. The van der Waals surface area contributed by atoms with Crippen molar-refractivity contribution in [2.75, 3.05) is 5.32 Å². The molecule has 158 valence electrons. The van der Waals surface area contributed by atoms with E-state index in [9.17, 15) is 13.6 Å². The number of carbonyl (C=O) groups is 1. The first-order valence-electron chi connectivity index (χ1n) is 10.4. The maximum Gasteiger partial charge on any atom is 0.199 e. The van der Waals surface area contributed by atoms with Gasteiger partial charge in [-0.15, -0.1) is 0 Å². The second-order valence-corrected chi connectivity index (χ2v) is 8.57. The number of hydrogen-bond donors (Lipinski definition) is 2. The number of rotatable bonds is 4. The van der Waals surface area contributed by atoms with Crippen molar-refractivity contribution >= 4 is 28.2 Å². The normalized spacial score (nSPS) is 24.8. The van der Waals surface area contributed by atoms with Crippen LogP contribution in [0.5, 0.6) is 0 Å². The van der Waals surface area contributed by atoms with E-state index in [1.54, 1.807) is 13.0 Å². The Bertz CT molecular complexity index is 1220. The Labute approximate surface area is 177 Å². The number of H-pyrrole nitrogens is 1. The first kappa shape index (κ1) is 19.6. The highest BCUT2D eigenvalue weighted by Crippen LogP contribution is 2.47. The fourth-order valence-electron chi connectivity index (χ4n) is 5.47. The van der Waals surface area contributed by atoms with Crippen LogP contribution in [-0.2, 0) is 4.79 Å². The van der Waals surface area contributed by atoms with Crippen LogP contribution in [0.1, 0.15) is 32.6 Å². The van der Waals surface area contributed by atoms with E-state index in [0.717, 1.165) is 31.9 Å². The van der Waals surface area contributed by atoms with Gasteiger partial charge in [-0.25, -0.2) is 18.6 Å². The number of pyridine rings is 1. The van der Waals surface area contributed by atoms with E-state index in [1.807, 2.05) is 0 Å². The Morgan fingerprint density at radius 1 is 1.19 bits per heavy atom. The molecule has 0 spiro atoms. The SMILES string of the molecule is [C-]#[N+]c1cc(F)c(N[C@H]2C3CCC(CC3)[C@@H]2C(C)=O)cc1-c1[nH]nc2ncc(F)cc12. The van der Waals surface area contributed by atoms with Crippen LogP contribution in [0, 0.1) is 36.0 Å². The summed E-state index contributed by atoms with van der Waals surface area (Å²) in [7, 11) is 0. The van der Waals surface area contributed by atoms with Crippen molar-refractivity contribution in [3.05, 3.63) is 47.4 Å². The molecule has 8 heteroatoms. The molecule has 3 saturated carbocycles. The first-order valence-corrected chi connectivity index (χ1v) is 10.4. The molecular formula is C23H21F2N5O. The number of aromatic amines is 1. The summed E-state index contributed by atoms with van der Waals surface area (Å²) in [5, 5.41) is 10.6. The number of nitrogens with zero attached hydrogens (tertiary/aromatic N) is 3. The van der Waals surface area contributed by atoms with E-state index in [0.29, 0.717) is 34.1 Å². The number of fused-ring (bicyclic) bond motifs is 4. The lowest BCUT2D eigenvalue weighted by molar-refractivity contribution is -0.126. The number of carbonyl (C=O) groups excluding carboxylic acids is 1.